The van der Waals surface area contributed by atoms with Crippen molar-refractivity contribution in [3.8, 4) is 6.07 Å². The highest BCUT2D eigenvalue weighted by Gasteiger charge is 2.71. The molecular formula is C33H44FN3O4. The highest BCUT2D eigenvalue weighted by Crippen LogP contribution is 2.74. The molecule has 7 nitrogen and oxygen atoms in total. The number of rotatable bonds is 3. The molecule has 3 fully saturated rings. The van der Waals surface area contributed by atoms with Gasteiger partial charge in [-0.1, -0.05) is 65.3 Å². The van der Waals surface area contributed by atoms with Gasteiger partial charge in [0.15, 0.2) is 17.4 Å². The molecule has 0 aromatic carbocycles. The molecule has 5 rings (SSSR count). The van der Waals surface area contributed by atoms with Crippen molar-refractivity contribution in [3.63, 3.8) is 0 Å². The van der Waals surface area contributed by atoms with Gasteiger partial charge in [-0.2, -0.15) is 5.26 Å². The van der Waals surface area contributed by atoms with Crippen LogP contribution in [0, 0.1) is 61.6 Å². The van der Waals surface area contributed by atoms with Crippen LogP contribution in [0.5, 0.6) is 0 Å². The zero-order valence-electron chi connectivity index (χ0n) is 25.5. The number of halogens is 1. The minimum atomic E-state index is -1.01. The molecule has 3 saturated carbocycles. The average Bonchev–Trinajstić information content (AvgIpc) is 2.90. The topological polar surface area (TPSA) is 123 Å². The third kappa shape index (κ3) is 3.86. The second-order valence-electron chi connectivity index (χ2n) is 15.5. The number of nitriles is 1. The molecule has 0 amide bonds. The van der Waals surface area contributed by atoms with Gasteiger partial charge in [-0.15, -0.1) is 0 Å². The first-order valence-corrected chi connectivity index (χ1v) is 15.0. The molecule has 0 aromatic heterocycles. The number of fused-ring (bicyclic) bond motifs is 7. The number of ketones is 2. The molecule has 0 aromatic rings. The smallest absolute Gasteiger partial charge is 0.341 e. The molecule has 7 atom stereocenters. The van der Waals surface area contributed by atoms with E-state index in [1.807, 2.05) is 26.0 Å². The maximum absolute atomic E-state index is 14.5. The van der Waals surface area contributed by atoms with Crippen LogP contribution in [-0.2, 0) is 19.2 Å². The second-order valence-corrected chi connectivity index (χ2v) is 15.5. The Hall–Kier alpha value is -2.82. The molecule has 5 aliphatic carbocycles. The zero-order chi connectivity index (χ0) is 30.4. The molecular weight excluding hydrogens is 521 g/mol. The number of hydrogen-bond donors (Lipinski definition) is 1. The number of hydrogen-bond acceptors (Lipinski definition) is 6. The number of carbonyl (C=O) groups is 3. The van der Waals surface area contributed by atoms with Gasteiger partial charge < -0.3 is 10.6 Å². The van der Waals surface area contributed by atoms with Crippen molar-refractivity contribution in [1.82, 2.24) is 0 Å². The van der Waals surface area contributed by atoms with Crippen molar-refractivity contribution < 1.29 is 23.6 Å². The summed E-state index contributed by atoms with van der Waals surface area (Å²) >= 11 is 0. The predicted octanol–water partition coefficient (Wildman–Crippen LogP) is 5.99. The Kier molecular flexibility index (Phi) is 6.58. The van der Waals surface area contributed by atoms with Gasteiger partial charge in [-0.3, -0.25) is 9.59 Å². The monoisotopic (exact) mass is 565 g/mol. The van der Waals surface area contributed by atoms with Gasteiger partial charge in [-0.05, 0) is 79.1 Å². The van der Waals surface area contributed by atoms with E-state index in [-0.39, 0.29) is 45.6 Å². The van der Waals surface area contributed by atoms with Crippen molar-refractivity contribution in [2.24, 2.45) is 61.1 Å². The highest BCUT2D eigenvalue weighted by atomic mass is 19.1. The molecule has 0 heterocycles. The van der Waals surface area contributed by atoms with Crippen LogP contribution >= 0.6 is 0 Å². The van der Waals surface area contributed by atoms with Gasteiger partial charge in [0.05, 0.1) is 11.0 Å². The highest BCUT2D eigenvalue weighted by molar-refractivity contribution is 6.04. The quantitative estimate of drug-likeness (QED) is 0.194. The summed E-state index contributed by atoms with van der Waals surface area (Å²) in [5.41, 5.74) is 3.57. The molecule has 0 saturated heterocycles. The fourth-order valence-electron chi connectivity index (χ4n) is 10.2. The van der Waals surface area contributed by atoms with Crippen molar-refractivity contribution in [3.05, 3.63) is 23.3 Å². The average molecular weight is 566 g/mol. The van der Waals surface area contributed by atoms with E-state index in [2.05, 4.69) is 45.8 Å². The Labute approximate surface area is 242 Å². The third-order valence-corrected chi connectivity index (χ3v) is 12.6. The van der Waals surface area contributed by atoms with Crippen molar-refractivity contribution >= 4 is 23.4 Å². The van der Waals surface area contributed by atoms with Gasteiger partial charge >= 0.3 is 5.97 Å². The van der Waals surface area contributed by atoms with Crippen LogP contribution in [0.15, 0.2) is 28.5 Å². The number of allylic oxidation sites excluding steroid dienone is 4. The van der Waals surface area contributed by atoms with Gasteiger partial charge in [0, 0.05) is 16.7 Å². The normalized spacial score (nSPS) is 42.8. The van der Waals surface area contributed by atoms with Crippen LogP contribution in [0.1, 0.15) is 93.4 Å². The molecule has 41 heavy (non-hydrogen) atoms. The minimum absolute atomic E-state index is 0.00909. The summed E-state index contributed by atoms with van der Waals surface area (Å²) in [6, 6.07) is 2.15. The number of alkyl halides is 1. The molecule has 0 unspecified atom stereocenters. The molecule has 222 valence electrons. The first kappa shape index (κ1) is 29.7. The zero-order valence-corrected chi connectivity index (χ0v) is 25.5. The molecule has 0 aliphatic heterocycles. The van der Waals surface area contributed by atoms with Gasteiger partial charge in [0.1, 0.15) is 12.7 Å². The summed E-state index contributed by atoms with van der Waals surface area (Å²) in [6.07, 6.45) is 8.54. The van der Waals surface area contributed by atoms with Gasteiger partial charge in [-0.25, -0.2) is 9.18 Å². The fraction of sp³-hybridized carbons (Fsp3) is 0.727. The standard InChI is InChI=1S/C33H44FN3O4/c1-28(2)10-12-33(27(40)41-37-24(36)17-34)13-11-32(7)25(20(33)16-28)21(38)14-23-30(5)15-19(18-35)26(39)29(3,4)22(30)8-9-31(23,32)6/h14-15,20,22,25H,8-13,16-17H2,1-7H3,(H2,36,37)/t20-,22-,25-,30-,31+,32+,33-/m0/s1. The van der Waals surface area contributed by atoms with Crippen LogP contribution in [0.25, 0.3) is 0 Å². The molecule has 0 radical (unpaired) electrons. The van der Waals surface area contributed by atoms with Crippen LogP contribution in [0.2, 0.25) is 0 Å². The van der Waals surface area contributed by atoms with E-state index >= 15 is 0 Å². The lowest BCUT2D eigenvalue weighted by molar-refractivity contribution is -0.193. The summed E-state index contributed by atoms with van der Waals surface area (Å²) in [7, 11) is 0. The first-order chi connectivity index (χ1) is 18.9. The van der Waals surface area contributed by atoms with Crippen molar-refractivity contribution in [1.29, 1.82) is 5.26 Å². The number of nitrogens with zero attached hydrogens (tertiary/aromatic N) is 2. The number of carbonyl (C=O) groups excluding carboxylic acids is 3. The summed E-state index contributed by atoms with van der Waals surface area (Å²) < 4.78 is 13.0. The third-order valence-electron chi connectivity index (χ3n) is 12.6. The lowest BCUT2D eigenvalue weighted by Gasteiger charge is -2.68. The predicted molar refractivity (Wildman–Crippen MR) is 153 cm³/mol. The Morgan fingerprint density at radius 2 is 1.76 bits per heavy atom. The summed E-state index contributed by atoms with van der Waals surface area (Å²) in [5, 5.41) is 13.5. The van der Waals surface area contributed by atoms with Crippen LogP contribution in [0.4, 0.5) is 4.39 Å². The second kappa shape index (κ2) is 9.09. The van der Waals surface area contributed by atoms with E-state index in [9.17, 15) is 24.0 Å². The summed E-state index contributed by atoms with van der Waals surface area (Å²) in [4.78, 5) is 46.7. The maximum atomic E-state index is 14.5. The summed E-state index contributed by atoms with van der Waals surface area (Å²) in [6.45, 7) is 13.8. The van der Waals surface area contributed by atoms with Crippen LogP contribution < -0.4 is 5.73 Å². The molecule has 8 heteroatoms. The van der Waals surface area contributed by atoms with Gasteiger partial charge in [0.25, 0.3) is 0 Å². The van der Waals surface area contributed by atoms with Crippen molar-refractivity contribution in [2.45, 2.75) is 93.4 Å². The SMILES string of the molecule is CC1(C)CC[C@]2(C(=O)ON=C(N)CF)CC[C@]3(C)[C@H](C(=O)C=C4[C@@]5(C)C=C(C#N)C(=O)C(C)(C)[C@@H]5CC[C@]43C)[C@@H]2C1. The fourth-order valence-corrected chi connectivity index (χ4v) is 10.2. The molecule has 0 spiro atoms. The largest absolute Gasteiger partial charge is 0.382 e. The number of Topliss-reactive ketones (excluding diaryl/α,β-unsaturated/α-hetero) is 1. The first-order valence-electron chi connectivity index (χ1n) is 15.0. The molecule has 5 aliphatic rings. The Balaban J connectivity index is 1.66. The van der Waals surface area contributed by atoms with Crippen molar-refractivity contribution in [2.75, 3.05) is 6.67 Å². The number of amidine groups is 1. The Morgan fingerprint density at radius 1 is 1.10 bits per heavy atom. The lowest BCUT2D eigenvalue weighted by Crippen LogP contribution is -2.65. The number of nitrogens with two attached hydrogens (primary N) is 1. The summed E-state index contributed by atoms with van der Waals surface area (Å²) in [5.74, 6) is -1.72. The number of oxime groups is 1. The minimum Gasteiger partial charge on any atom is -0.382 e. The van der Waals surface area contributed by atoms with E-state index in [0.717, 1.165) is 24.8 Å². The van der Waals surface area contributed by atoms with E-state index in [1.165, 1.54) is 0 Å². The van der Waals surface area contributed by atoms with E-state index < -0.39 is 40.2 Å². The molecule has 0 bridgehead atoms. The van der Waals surface area contributed by atoms with E-state index in [1.54, 1.807) is 0 Å². The lowest BCUT2D eigenvalue weighted by atomic mass is 9.34. The Morgan fingerprint density at radius 3 is 2.39 bits per heavy atom. The van der Waals surface area contributed by atoms with Crippen LogP contribution in [-0.4, -0.2) is 30.0 Å². The maximum Gasteiger partial charge on any atom is 0.341 e. The van der Waals surface area contributed by atoms with Gasteiger partial charge in [0.2, 0.25) is 0 Å². The Bertz CT molecular complexity index is 1350. The van der Waals surface area contributed by atoms with E-state index in [0.29, 0.717) is 25.7 Å². The van der Waals surface area contributed by atoms with E-state index in [4.69, 9.17) is 10.6 Å². The van der Waals surface area contributed by atoms with Crippen LogP contribution in [0.3, 0.4) is 0 Å². The molecule has 2 N–H and O–H groups in total.